The number of nitrogens with two attached hydrogens (primary N) is 2. The Kier molecular flexibility index (Phi) is 3.87. The van der Waals surface area contributed by atoms with Crippen LogP contribution in [0.3, 0.4) is 0 Å². The number of benzene rings is 1. The van der Waals surface area contributed by atoms with Gasteiger partial charge in [-0.25, -0.2) is 4.98 Å². The van der Waals surface area contributed by atoms with Gasteiger partial charge in [-0.1, -0.05) is 0 Å². The van der Waals surface area contributed by atoms with Gasteiger partial charge in [0.15, 0.2) is 5.82 Å². The van der Waals surface area contributed by atoms with Gasteiger partial charge in [0, 0.05) is 5.69 Å². The van der Waals surface area contributed by atoms with Gasteiger partial charge in [0.05, 0.1) is 12.9 Å². The molecule has 0 saturated heterocycles. The summed E-state index contributed by atoms with van der Waals surface area (Å²) in [5, 5.41) is 2.93. The van der Waals surface area contributed by atoms with Gasteiger partial charge in [0.1, 0.15) is 18.0 Å². The van der Waals surface area contributed by atoms with E-state index in [1.54, 1.807) is 24.3 Å². The first-order valence-corrected chi connectivity index (χ1v) is 5.72. The van der Waals surface area contributed by atoms with E-state index in [0.717, 1.165) is 5.75 Å². The van der Waals surface area contributed by atoms with Crippen LogP contribution in [0.4, 0.5) is 17.2 Å². The first-order valence-electron chi connectivity index (χ1n) is 5.72. The Hall–Kier alpha value is -2.70. The summed E-state index contributed by atoms with van der Waals surface area (Å²) < 4.78 is 5.48. The Labute approximate surface area is 109 Å². The van der Waals surface area contributed by atoms with Gasteiger partial charge >= 0.3 is 0 Å². The molecule has 2 aromatic rings. The van der Waals surface area contributed by atoms with Crippen LogP contribution in [0.1, 0.15) is 0 Å². The minimum atomic E-state index is -0.364. The maximum absolute atomic E-state index is 11.2. The van der Waals surface area contributed by atoms with Crippen molar-refractivity contribution in [3.05, 3.63) is 40.9 Å². The lowest BCUT2D eigenvalue weighted by molar-refractivity contribution is 0.333. The molecule has 7 nitrogen and oxygen atoms in total. The highest BCUT2D eigenvalue weighted by Gasteiger charge is 2.03. The van der Waals surface area contributed by atoms with Gasteiger partial charge in [-0.3, -0.25) is 4.79 Å². The Balaban J connectivity index is 1.82. The molecule has 0 spiro atoms. The van der Waals surface area contributed by atoms with Crippen LogP contribution in [0.5, 0.6) is 5.75 Å². The second kappa shape index (κ2) is 5.76. The Morgan fingerprint density at radius 1 is 1.26 bits per heavy atom. The Morgan fingerprint density at radius 3 is 2.74 bits per heavy atom. The van der Waals surface area contributed by atoms with Crippen molar-refractivity contribution in [1.82, 2.24) is 9.97 Å². The molecule has 0 fully saturated rings. The van der Waals surface area contributed by atoms with E-state index in [2.05, 4.69) is 15.3 Å². The van der Waals surface area contributed by atoms with E-state index in [1.165, 1.54) is 6.33 Å². The van der Waals surface area contributed by atoms with Crippen molar-refractivity contribution in [3.63, 3.8) is 0 Å². The van der Waals surface area contributed by atoms with Gasteiger partial charge in [-0.05, 0) is 24.3 Å². The summed E-state index contributed by atoms with van der Waals surface area (Å²) in [7, 11) is 0. The van der Waals surface area contributed by atoms with E-state index in [-0.39, 0.29) is 11.2 Å². The van der Waals surface area contributed by atoms with Crippen molar-refractivity contribution < 1.29 is 4.74 Å². The number of nitrogens with zero attached hydrogens (tertiary/aromatic N) is 1. The molecule has 1 aromatic heterocycles. The van der Waals surface area contributed by atoms with E-state index in [0.29, 0.717) is 24.7 Å². The molecule has 0 aliphatic heterocycles. The normalized spacial score (nSPS) is 10.1. The molecule has 0 amide bonds. The van der Waals surface area contributed by atoms with Crippen LogP contribution in [0.2, 0.25) is 0 Å². The molecular formula is C12H15N5O2. The third kappa shape index (κ3) is 3.38. The van der Waals surface area contributed by atoms with E-state index in [4.69, 9.17) is 16.2 Å². The molecule has 0 unspecified atom stereocenters. The van der Waals surface area contributed by atoms with Gasteiger partial charge in [0.2, 0.25) is 0 Å². The first-order chi connectivity index (χ1) is 9.16. The summed E-state index contributed by atoms with van der Waals surface area (Å²) in [6.07, 6.45) is 1.29. The number of aromatic amines is 1. The fourth-order valence-corrected chi connectivity index (χ4v) is 1.45. The molecule has 0 aliphatic carbocycles. The highest BCUT2D eigenvalue weighted by molar-refractivity contribution is 5.58. The number of anilines is 3. The van der Waals surface area contributed by atoms with Crippen LogP contribution in [-0.4, -0.2) is 23.1 Å². The lowest BCUT2D eigenvalue weighted by atomic mass is 10.3. The van der Waals surface area contributed by atoms with Crippen LogP contribution in [-0.2, 0) is 0 Å². The Morgan fingerprint density at radius 2 is 2.00 bits per heavy atom. The number of nitrogen functional groups attached to an aromatic ring is 2. The molecule has 1 aromatic carbocycles. The highest BCUT2D eigenvalue weighted by Crippen LogP contribution is 2.13. The maximum Gasteiger partial charge on any atom is 0.276 e. The second-order valence-electron chi connectivity index (χ2n) is 3.84. The predicted octanol–water partition coefficient (Wildman–Crippen LogP) is 0.425. The van der Waals surface area contributed by atoms with Crippen molar-refractivity contribution in [2.45, 2.75) is 0 Å². The van der Waals surface area contributed by atoms with Crippen LogP contribution >= 0.6 is 0 Å². The van der Waals surface area contributed by atoms with Gasteiger partial charge < -0.3 is 26.5 Å². The van der Waals surface area contributed by atoms with Gasteiger partial charge in [0.25, 0.3) is 5.56 Å². The highest BCUT2D eigenvalue weighted by atomic mass is 16.5. The summed E-state index contributed by atoms with van der Waals surface area (Å²) >= 11 is 0. The molecule has 0 bridgehead atoms. The van der Waals surface area contributed by atoms with E-state index < -0.39 is 0 Å². The SMILES string of the molecule is Nc1ccc(OCCNc2nc[nH]c(=O)c2N)cc1. The quantitative estimate of drug-likeness (QED) is 0.457. The third-order valence-corrected chi connectivity index (χ3v) is 2.43. The molecular weight excluding hydrogens is 246 g/mol. The molecule has 0 saturated carbocycles. The molecule has 100 valence electrons. The van der Waals surface area contributed by atoms with Crippen molar-refractivity contribution in [2.24, 2.45) is 0 Å². The summed E-state index contributed by atoms with van der Waals surface area (Å²) in [4.78, 5) is 17.5. The minimum Gasteiger partial charge on any atom is -0.492 e. The summed E-state index contributed by atoms with van der Waals surface area (Å²) in [5.41, 5.74) is 11.5. The number of hydrogen-bond acceptors (Lipinski definition) is 6. The average molecular weight is 261 g/mol. The zero-order valence-corrected chi connectivity index (χ0v) is 10.2. The molecule has 0 radical (unpaired) electrons. The largest absolute Gasteiger partial charge is 0.492 e. The predicted molar refractivity (Wildman–Crippen MR) is 74.1 cm³/mol. The molecule has 0 atom stereocenters. The molecule has 19 heavy (non-hydrogen) atoms. The minimum absolute atomic E-state index is 0.0648. The van der Waals surface area contributed by atoms with Crippen molar-refractivity contribution in [1.29, 1.82) is 0 Å². The lowest BCUT2D eigenvalue weighted by Crippen LogP contribution is -2.19. The Bertz CT molecular complexity index is 594. The average Bonchev–Trinajstić information content (AvgIpc) is 2.41. The summed E-state index contributed by atoms with van der Waals surface area (Å²) in [5.74, 6) is 1.08. The number of aromatic nitrogens is 2. The molecule has 7 heteroatoms. The number of hydrogen-bond donors (Lipinski definition) is 4. The summed E-state index contributed by atoms with van der Waals surface area (Å²) in [6, 6.07) is 7.10. The standard InChI is InChI=1S/C12H15N5O2/c13-8-1-3-9(4-2-8)19-6-5-15-11-10(14)12(18)17-7-16-11/h1-4,7H,5-6,13-14H2,(H2,15,16,17,18). The smallest absolute Gasteiger partial charge is 0.276 e. The second-order valence-corrected chi connectivity index (χ2v) is 3.84. The van der Waals surface area contributed by atoms with Crippen LogP contribution in [0, 0.1) is 0 Å². The summed E-state index contributed by atoms with van der Waals surface area (Å²) in [6.45, 7) is 0.892. The fourth-order valence-electron chi connectivity index (χ4n) is 1.45. The molecule has 0 aliphatic rings. The number of H-pyrrole nitrogens is 1. The van der Waals surface area contributed by atoms with E-state index in [9.17, 15) is 4.79 Å². The topological polar surface area (TPSA) is 119 Å². The number of rotatable bonds is 5. The van der Waals surface area contributed by atoms with Crippen LogP contribution in [0.15, 0.2) is 35.4 Å². The third-order valence-electron chi connectivity index (χ3n) is 2.43. The van der Waals surface area contributed by atoms with Crippen LogP contribution < -0.4 is 27.1 Å². The fraction of sp³-hybridized carbons (Fsp3) is 0.167. The van der Waals surface area contributed by atoms with Gasteiger partial charge in [-0.15, -0.1) is 0 Å². The number of ether oxygens (including phenoxy) is 1. The van der Waals surface area contributed by atoms with E-state index >= 15 is 0 Å². The zero-order valence-electron chi connectivity index (χ0n) is 10.2. The molecule has 2 rings (SSSR count). The van der Waals surface area contributed by atoms with Crippen molar-refractivity contribution in [2.75, 3.05) is 29.9 Å². The molecule has 6 N–H and O–H groups in total. The monoisotopic (exact) mass is 261 g/mol. The lowest BCUT2D eigenvalue weighted by Gasteiger charge is -2.09. The van der Waals surface area contributed by atoms with Gasteiger partial charge in [-0.2, -0.15) is 0 Å². The van der Waals surface area contributed by atoms with E-state index in [1.807, 2.05) is 0 Å². The maximum atomic E-state index is 11.2. The number of nitrogens with one attached hydrogen (secondary N) is 2. The zero-order chi connectivity index (χ0) is 13.7. The van der Waals surface area contributed by atoms with Crippen molar-refractivity contribution in [3.8, 4) is 5.75 Å². The first kappa shape index (κ1) is 12.7. The van der Waals surface area contributed by atoms with Crippen LogP contribution in [0.25, 0.3) is 0 Å². The van der Waals surface area contributed by atoms with Crippen molar-refractivity contribution >= 4 is 17.2 Å². The molecule has 1 heterocycles.